The van der Waals surface area contributed by atoms with E-state index in [1.54, 1.807) is 0 Å². The maximum absolute atomic E-state index is 12.7. The van der Waals surface area contributed by atoms with Gasteiger partial charge in [0, 0.05) is 24.3 Å². The van der Waals surface area contributed by atoms with Crippen LogP contribution in [0, 0.1) is 5.92 Å². The summed E-state index contributed by atoms with van der Waals surface area (Å²) < 4.78 is 0. The van der Waals surface area contributed by atoms with Crippen molar-refractivity contribution in [2.45, 2.75) is 45.1 Å². The molecule has 4 heteroatoms. The van der Waals surface area contributed by atoms with Crippen molar-refractivity contribution in [1.82, 2.24) is 4.90 Å². The van der Waals surface area contributed by atoms with Crippen LogP contribution in [0.4, 0.5) is 5.69 Å². The fourth-order valence-electron chi connectivity index (χ4n) is 3.57. The molecule has 0 saturated heterocycles. The molecule has 112 valence electrons. The molecule has 1 fully saturated rings. The average Bonchev–Trinajstić information content (AvgIpc) is 2.85. The van der Waals surface area contributed by atoms with Gasteiger partial charge in [-0.1, -0.05) is 25.8 Å². The number of fused-ring (bicyclic) bond motifs is 1. The highest BCUT2D eigenvalue weighted by molar-refractivity contribution is 6.02. The molecule has 0 spiro atoms. The van der Waals surface area contributed by atoms with Crippen LogP contribution in [0.5, 0.6) is 0 Å². The zero-order valence-corrected chi connectivity index (χ0v) is 12.7. The van der Waals surface area contributed by atoms with Gasteiger partial charge in [0.1, 0.15) is 0 Å². The van der Waals surface area contributed by atoms with E-state index < -0.39 is 0 Å². The molecule has 1 N–H and O–H groups in total. The lowest BCUT2D eigenvalue weighted by Crippen LogP contribution is -2.42. The fourth-order valence-corrected chi connectivity index (χ4v) is 3.57. The Morgan fingerprint density at radius 1 is 1.29 bits per heavy atom. The van der Waals surface area contributed by atoms with E-state index in [2.05, 4.69) is 12.2 Å². The Labute approximate surface area is 125 Å². The van der Waals surface area contributed by atoms with E-state index in [0.717, 1.165) is 17.7 Å². The molecule has 4 nitrogen and oxygen atoms in total. The summed E-state index contributed by atoms with van der Waals surface area (Å²) in [6, 6.07) is 5.87. The van der Waals surface area contributed by atoms with Crippen LogP contribution in [-0.2, 0) is 11.2 Å². The van der Waals surface area contributed by atoms with E-state index >= 15 is 0 Å². The molecule has 1 aliphatic carbocycles. The van der Waals surface area contributed by atoms with E-state index in [0.29, 0.717) is 23.9 Å². The predicted octanol–water partition coefficient (Wildman–Crippen LogP) is 2.83. The third-order valence-corrected chi connectivity index (χ3v) is 4.87. The number of hydrogen-bond donors (Lipinski definition) is 1. The lowest BCUT2D eigenvalue weighted by Gasteiger charge is -2.36. The quantitative estimate of drug-likeness (QED) is 0.909. The highest BCUT2D eigenvalue weighted by Gasteiger charge is 2.29. The van der Waals surface area contributed by atoms with Gasteiger partial charge in [0.15, 0.2) is 0 Å². The first kappa shape index (κ1) is 14.1. The third-order valence-electron chi connectivity index (χ3n) is 4.87. The molecule has 0 radical (unpaired) electrons. The Morgan fingerprint density at radius 3 is 2.81 bits per heavy atom. The number of carbonyl (C=O) groups is 2. The van der Waals surface area contributed by atoms with E-state index in [1.165, 1.54) is 19.3 Å². The summed E-state index contributed by atoms with van der Waals surface area (Å²) in [5.41, 5.74) is 2.43. The number of nitrogens with one attached hydrogen (secondary N) is 1. The smallest absolute Gasteiger partial charge is 0.253 e. The van der Waals surface area contributed by atoms with E-state index in [-0.39, 0.29) is 11.8 Å². The second-order valence-electron chi connectivity index (χ2n) is 6.34. The lowest BCUT2D eigenvalue weighted by atomic mass is 9.85. The second-order valence-corrected chi connectivity index (χ2v) is 6.34. The van der Waals surface area contributed by atoms with Gasteiger partial charge in [0.05, 0.1) is 6.42 Å². The van der Waals surface area contributed by atoms with Crippen LogP contribution in [0.25, 0.3) is 0 Å². The van der Waals surface area contributed by atoms with Crippen molar-refractivity contribution in [3.63, 3.8) is 0 Å². The number of amides is 2. The number of anilines is 1. The summed E-state index contributed by atoms with van der Waals surface area (Å²) >= 11 is 0. The van der Waals surface area contributed by atoms with Gasteiger partial charge in [-0.15, -0.1) is 0 Å². The summed E-state index contributed by atoms with van der Waals surface area (Å²) in [7, 11) is 1.90. The Bertz CT molecular complexity index is 582. The Hall–Kier alpha value is -1.84. The van der Waals surface area contributed by atoms with Crippen molar-refractivity contribution in [2.75, 3.05) is 12.4 Å². The highest BCUT2D eigenvalue weighted by Crippen LogP contribution is 2.29. The monoisotopic (exact) mass is 286 g/mol. The summed E-state index contributed by atoms with van der Waals surface area (Å²) in [5, 5.41) is 2.81. The molecular formula is C17H22N2O2. The van der Waals surface area contributed by atoms with Crippen LogP contribution >= 0.6 is 0 Å². The minimum Gasteiger partial charge on any atom is -0.338 e. The maximum atomic E-state index is 12.7. The van der Waals surface area contributed by atoms with Crippen molar-refractivity contribution in [2.24, 2.45) is 5.92 Å². The third kappa shape index (κ3) is 2.67. The molecule has 0 aromatic heterocycles. The van der Waals surface area contributed by atoms with E-state index in [9.17, 15) is 9.59 Å². The van der Waals surface area contributed by atoms with Crippen molar-refractivity contribution in [3.05, 3.63) is 29.3 Å². The molecule has 21 heavy (non-hydrogen) atoms. The number of carbonyl (C=O) groups excluding carboxylic acids is 2. The van der Waals surface area contributed by atoms with Crippen LogP contribution in [0.3, 0.4) is 0 Å². The highest BCUT2D eigenvalue weighted by atomic mass is 16.2. The summed E-state index contributed by atoms with van der Waals surface area (Å²) in [6.07, 6.45) is 5.17. The van der Waals surface area contributed by atoms with Gasteiger partial charge in [0.25, 0.3) is 5.91 Å². The first-order chi connectivity index (χ1) is 10.1. The lowest BCUT2D eigenvalue weighted by molar-refractivity contribution is -0.115. The first-order valence-electron chi connectivity index (χ1n) is 7.76. The normalized spacial score (nSPS) is 24.4. The van der Waals surface area contributed by atoms with Crippen molar-refractivity contribution in [3.8, 4) is 0 Å². The van der Waals surface area contributed by atoms with Gasteiger partial charge in [-0.3, -0.25) is 9.59 Å². The largest absolute Gasteiger partial charge is 0.338 e. The summed E-state index contributed by atoms with van der Waals surface area (Å²) in [5.74, 6) is 0.614. The van der Waals surface area contributed by atoms with Gasteiger partial charge < -0.3 is 10.2 Å². The molecule has 1 saturated carbocycles. The SMILES string of the molecule is CC1CCCCC1N(C)C(=O)c1ccc2c(c1)NC(=O)C2. The number of rotatable bonds is 2. The predicted molar refractivity (Wildman–Crippen MR) is 82.3 cm³/mol. The van der Waals surface area contributed by atoms with Crippen molar-refractivity contribution < 1.29 is 9.59 Å². The van der Waals surface area contributed by atoms with Crippen LogP contribution in [0.1, 0.15) is 48.5 Å². The van der Waals surface area contributed by atoms with Crippen LogP contribution < -0.4 is 5.32 Å². The number of nitrogens with zero attached hydrogens (tertiary/aromatic N) is 1. The molecule has 2 aliphatic rings. The van der Waals surface area contributed by atoms with Crippen molar-refractivity contribution >= 4 is 17.5 Å². The molecular weight excluding hydrogens is 264 g/mol. The maximum Gasteiger partial charge on any atom is 0.253 e. The van der Waals surface area contributed by atoms with E-state index in [1.807, 2.05) is 30.1 Å². The fraction of sp³-hybridized carbons (Fsp3) is 0.529. The molecule has 1 aromatic carbocycles. The van der Waals surface area contributed by atoms with Gasteiger partial charge >= 0.3 is 0 Å². The first-order valence-corrected chi connectivity index (χ1v) is 7.76. The minimum atomic E-state index is 0.00357. The Kier molecular flexibility index (Phi) is 3.70. The standard InChI is InChI=1S/C17H22N2O2/c1-11-5-3-4-6-15(11)19(2)17(21)13-8-7-12-10-16(20)18-14(12)9-13/h7-9,11,15H,3-6,10H2,1-2H3,(H,18,20). The summed E-state index contributed by atoms with van der Waals surface area (Å²) in [6.45, 7) is 2.23. The van der Waals surface area contributed by atoms with Crippen molar-refractivity contribution in [1.29, 1.82) is 0 Å². The minimum absolute atomic E-state index is 0.00357. The van der Waals surface area contributed by atoms with Crippen LogP contribution in [0.15, 0.2) is 18.2 Å². The second kappa shape index (κ2) is 5.51. The van der Waals surface area contributed by atoms with Crippen LogP contribution in [0.2, 0.25) is 0 Å². The Balaban J connectivity index is 1.79. The average molecular weight is 286 g/mol. The van der Waals surface area contributed by atoms with Gasteiger partial charge in [-0.05, 0) is 36.5 Å². The molecule has 1 heterocycles. The molecule has 2 unspecified atom stereocenters. The molecule has 2 amide bonds. The van der Waals surface area contributed by atoms with E-state index in [4.69, 9.17) is 0 Å². The number of benzene rings is 1. The topological polar surface area (TPSA) is 49.4 Å². The summed E-state index contributed by atoms with van der Waals surface area (Å²) in [4.78, 5) is 26.0. The zero-order chi connectivity index (χ0) is 15.0. The molecule has 2 atom stereocenters. The van der Waals surface area contributed by atoms with Gasteiger partial charge in [-0.2, -0.15) is 0 Å². The van der Waals surface area contributed by atoms with Gasteiger partial charge in [0.2, 0.25) is 5.91 Å². The van der Waals surface area contributed by atoms with Gasteiger partial charge in [-0.25, -0.2) is 0 Å². The van der Waals surface area contributed by atoms with Crippen LogP contribution in [-0.4, -0.2) is 29.8 Å². The molecule has 3 rings (SSSR count). The Morgan fingerprint density at radius 2 is 2.05 bits per heavy atom. The molecule has 1 aliphatic heterocycles. The molecule has 0 bridgehead atoms. The number of hydrogen-bond acceptors (Lipinski definition) is 2. The zero-order valence-electron chi connectivity index (χ0n) is 12.7. The molecule has 1 aromatic rings.